The molecule has 2 atom stereocenters. The largest absolute Gasteiger partial charge is 0.352 e. The van der Waals surface area contributed by atoms with Gasteiger partial charge in [-0.25, -0.2) is 0 Å². The number of thioether (sulfide) groups is 1. The molecule has 0 saturated carbocycles. The van der Waals surface area contributed by atoms with Crippen molar-refractivity contribution in [3.63, 3.8) is 0 Å². The molecule has 0 aromatic heterocycles. The third-order valence-electron chi connectivity index (χ3n) is 2.00. The monoisotopic (exact) mass is 214 g/mol. The first-order valence-electron chi connectivity index (χ1n) is 5.12. The van der Waals surface area contributed by atoms with Crippen LogP contribution in [0, 0.1) is 5.92 Å². The number of carbonyl (C=O) groups is 1. The number of carbonyl (C=O) groups excluding carboxylic acids is 1. The van der Waals surface area contributed by atoms with E-state index >= 15 is 0 Å². The van der Waals surface area contributed by atoms with Crippen LogP contribution in [0.25, 0.3) is 0 Å². The molecular weight excluding hydrogens is 196 g/mol. The summed E-state index contributed by atoms with van der Waals surface area (Å²) in [6.07, 6.45) is 4.07. The van der Waals surface area contributed by atoms with E-state index in [9.17, 15) is 4.79 Å². The van der Waals surface area contributed by atoms with E-state index in [-0.39, 0.29) is 17.3 Å². The van der Waals surface area contributed by atoms with Crippen LogP contribution >= 0.6 is 11.8 Å². The molecule has 3 heteroatoms. The van der Waals surface area contributed by atoms with E-state index in [0.29, 0.717) is 5.92 Å². The molecule has 0 radical (unpaired) electrons. The van der Waals surface area contributed by atoms with Gasteiger partial charge in [-0.2, -0.15) is 0 Å². The summed E-state index contributed by atoms with van der Waals surface area (Å²) in [6.45, 7) is 6.34. The van der Waals surface area contributed by atoms with Gasteiger partial charge in [-0.05, 0) is 30.2 Å². The van der Waals surface area contributed by atoms with Gasteiger partial charge in [0, 0.05) is 0 Å². The van der Waals surface area contributed by atoms with Crippen LogP contribution in [-0.2, 0) is 9.53 Å². The van der Waals surface area contributed by atoms with Crippen LogP contribution in [0.2, 0.25) is 0 Å². The molecule has 1 heterocycles. The van der Waals surface area contributed by atoms with Crippen molar-refractivity contribution in [2.75, 3.05) is 5.75 Å². The van der Waals surface area contributed by atoms with Crippen LogP contribution in [0.1, 0.15) is 27.2 Å². The molecule has 0 aliphatic carbocycles. The maximum Gasteiger partial charge on any atom is 0.184 e. The van der Waals surface area contributed by atoms with Crippen LogP contribution in [-0.4, -0.2) is 23.1 Å². The highest BCUT2D eigenvalue weighted by Gasteiger charge is 2.23. The molecule has 0 saturated heterocycles. The van der Waals surface area contributed by atoms with Gasteiger partial charge in [0.05, 0.1) is 0 Å². The molecule has 0 aromatic carbocycles. The Labute approximate surface area is 90.1 Å². The van der Waals surface area contributed by atoms with Gasteiger partial charge in [0.2, 0.25) is 0 Å². The summed E-state index contributed by atoms with van der Waals surface area (Å²) in [5.41, 5.74) is 0.0695. The molecule has 0 unspecified atom stereocenters. The fourth-order valence-electron chi connectivity index (χ4n) is 1.23. The molecule has 1 aliphatic rings. The van der Waals surface area contributed by atoms with Crippen LogP contribution < -0.4 is 0 Å². The highest BCUT2D eigenvalue weighted by molar-refractivity contribution is 7.99. The average molecular weight is 214 g/mol. The zero-order valence-electron chi connectivity index (χ0n) is 9.03. The van der Waals surface area contributed by atoms with Crippen molar-refractivity contribution in [1.29, 1.82) is 0 Å². The first kappa shape index (κ1) is 11.8. The van der Waals surface area contributed by atoms with Crippen molar-refractivity contribution in [1.82, 2.24) is 0 Å². The lowest BCUT2D eigenvalue weighted by atomic mass is 10.1. The van der Waals surface area contributed by atoms with Gasteiger partial charge in [-0.15, -0.1) is 11.8 Å². The molecular formula is C11H18O2S. The number of ketones is 1. The van der Waals surface area contributed by atoms with Gasteiger partial charge < -0.3 is 4.74 Å². The van der Waals surface area contributed by atoms with E-state index < -0.39 is 0 Å². The molecule has 1 aliphatic heterocycles. The van der Waals surface area contributed by atoms with Crippen LogP contribution in [0.15, 0.2) is 12.2 Å². The predicted molar refractivity (Wildman–Crippen MR) is 60.4 cm³/mol. The minimum absolute atomic E-state index is 0.0695. The second-order valence-corrected chi connectivity index (χ2v) is 5.02. The van der Waals surface area contributed by atoms with Gasteiger partial charge in [-0.1, -0.05) is 20.8 Å². The van der Waals surface area contributed by atoms with Crippen molar-refractivity contribution in [3.05, 3.63) is 12.2 Å². The van der Waals surface area contributed by atoms with E-state index in [1.165, 1.54) is 0 Å². The Bertz CT molecular complexity index is 223. The van der Waals surface area contributed by atoms with Gasteiger partial charge in [-0.3, -0.25) is 4.79 Å². The third kappa shape index (κ3) is 3.46. The van der Waals surface area contributed by atoms with Crippen LogP contribution in [0.4, 0.5) is 0 Å². The van der Waals surface area contributed by atoms with Crippen LogP contribution in [0.3, 0.4) is 0 Å². The zero-order chi connectivity index (χ0) is 10.6. The zero-order valence-corrected chi connectivity index (χ0v) is 9.84. The second kappa shape index (κ2) is 5.56. The first-order chi connectivity index (χ1) is 6.63. The van der Waals surface area contributed by atoms with E-state index in [4.69, 9.17) is 4.74 Å². The summed E-state index contributed by atoms with van der Waals surface area (Å²) in [5.74, 6) is 1.84. The Morgan fingerprint density at radius 2 is 2.29 bits per heavy atom. The SMILES string of the molecule is CC[C@H]1O[C@H](SCC(C)C)C=CC1=O. The van der Waals surface area contributed by atoms with Crippen molar-refractivity contribution in [2.45, 2.75) is 38.7 Å². The summed E-state index contributed by atoms with van der Waals surface area (Å²) in [7, 11) is 0. The maximum absolute atomic E-state index is 11.3. The molecule has 1 rings (SSSR count). The highest BCUT2D eigenvalue weighted by Crippen LogP contribution is 2.23. The third-order valence-corrected chi connectivity index (χ3v) is 3.45. The van der Waals surface area contributed by atoms with Crippen molar-refractivity contribution in [2.24, 2.45) is 5.92 Å². The van der Waals surface area contributed by atoms with E-state index in [0.717, 1.165) is 12.2 Å². The minimum atomic E-state index is -0.218. The van der Waals surface area contributed by atoms with Gasteiger partial charge in [0.1, 0.15) is 11.5 Å². The van der Waals surface area contributed by atoms with E-state index in [1.54, 1.807) is 17.8 Å². The summed E-state index contributed by atoms with van der Waals surface area (Å²) >= 11 is 1.77. The summed E-state index contributed by atoms with van der Waals surface area (Å²) in [6, 6.07) is 0. The molecule has 0 aromatic rings. The number of hydrogen-bond acceptors (Lipinski definition) is 3. The van der Waals surface area contributed by atoms with Crippen molar-refractivity contribution in [3.8, 4) is 0 Å². The Balaban J connectivity index is 2.41. The fraction of sp³-hybridized carbons (Fsp3) is 0.727. The lowest BCUT2D eigenvalue weighted by Crippen LogP contribution is -2.29. The van der Waals surface area contributed by atoms with Gasteiger partial charge in [0.25, 0.3) is 0 Å². The van der Waals surface area contributed by atoms with Crippen LogP contribution in [0.5, 0.6) is 0 Å². The van der Waals surface area contributed by atoms with Gasteiger partial charge >= 0.3 is 0 Å². The Kier molecular flexibility index (Phi) is 4.69. The standard InChI is InChI=1S/C11H18O2S/c1-4-10-9(12)5-6-11(13-10)14-7-8(2)3/h5-6,8,10-11H,4,7H2,1-3H3/t10-,11-/m1/s1. The predicted octanol–water partition coefficient (Wildman–Crippen LogP) is 2.64. The highest BCUT2D eigenvalue weighted by atomic mass is 32.2. The smallest absolute Gasteiger partial charge is 0.184 e. The molecule has 14 heavy (non-hydrogen) atoms. The maximum atomic E-state index is 11.3. The molecule has 0 N–H and O–H groups in total. The topological polar surface area (TPSA) is 26.3 Å². The fourth-order valence-corrected chi connectivity index (χ4v) is 2.21. The average Bonchev–Trinajstić information content (AvgIpc) is 2.16. The van der Waals surface area contributed by atoms with Gasteiger partial charge in [0.15, 0.2) is 5.78 Å². The quantitative estimate of drug-likeness (QED) is 0.719. The minimum Gasteiger partial charge on any atom is -0.352 e. The summed E-state index contributed by atoms with van der Waals surface area (Å²) in [4.78, 5) is 11.3. The number of ether oxygens (including phenoxy) is 1. The number of rotatable bonds is 4. The Hall–Kier alpha value is -0.280. The van der Waals surface area contributed by atoms with E-state index in [2.05, 4.69) is 13.8 Å². The molecule has 2 nitrogen and oxygen atoms in total. The molecule has 0 bridgehead atoms. The molecule has 0 amide bonds. The Morgan fingerprint density at radius 1 is 1.57 bits per heavy atom. The Morgan fingerprint density at radius 3 is 2.86 bits per heavy atom. The lowest BCUT2D eigenvalue weighted by Gasteiger charge is -2.24. The van der Waals surface area contributed by atoms with Crippen molar-refractivity contribution < 1.29 is 9.53 Å². The molecule has 0 spiro atoms. The normalized spacial score (nSPS) is 27.3. The molecule has 0 fully saturated rings. The summed E-state index contributed by atoms with van der Waals surface area (Å²) < 4.78 is 5.62. The summed E-state index contributed by atoms with van der Waals surface area (Å²) in [5, 5.41) is 0. The first-order valence-corrected chi connectivity index (χ1v) is 6.17. The lowest BCUT2D eigenvalue weighted by molar-refractivity contribution is -0.127. The second-order valence-electron chi connectivity index (χ2n) is 3.89. The van der Waals surface area contributed by atoms with E-state index in [1.807, 2.05) is 13.0 Å². The number of hydrogen-bond donors (Lipinski definition) is 0. The van der Waals surface area contributed by atoms with Crippen molar-refractivity contribution >= 4 is 17.5 Å². The molecule has 80 valence electrons.